The second-order valence-electron chi connectivity index (χ2n) is 22.4. The van der Waals surface area contributed by atoms with Gasteiger partial charge in [-0.25, -0.2) is 4.57 Å². The first-order valence-electron chi connectivity index (χ1n) is 31.7. The van der Waals surface area contributed by atoms with Crippen LogP contribution < -0.4 is 0 Å². The van der Waals surface area contributed by atoms with Gasteiger partial charge >= 0.3 is 19.8 Å². The summed E-state index contributed by atoms with van der Waals surface area (Å²) in [5, 5.41) is 0. The highest BCUT2D eigenvalue weighted by Gasteiger charge is 2.27. The van der Waals surface area contributed by atoms with Crippen molar-refractivity contribution in [3.05, 3.63) is 72.9 Å². The fourth-order valence-electron chi connectivity index (χ4n) is 8.93. The van der Waals surface area contributed by atoms with Crippen LogP contribution in [0.1, 0.15) is 284 Å². The Morgan fingerprint density at radius 1 is 0.421 bits per heavy atom. The Kier molecular flexibility index (Phi) is 55.2. The second-order valence-corrected chi connectivity index (χ2v) is 23.9. The molecule has 0 aliphatic rings. The maximum absolute atomic E-state index is 12.8. The first kappa shape index (κ1) is 73.5. The van der Waals surface area contributed by atoms with Crippen LogP contribution in [-0.2, 0) is 32.7 Å². The lowest BCUT2D eigenvalue weighted by molar-refractivity contribution is -0.870. The maximum Gasteiger partial charge on any atom is 0.472 e. The molecule has 9 nitrogen and oxygen atoms in total. The molecular weight excluding hydrogens is 966 g/mol. The van der Waals surface area contributed by atoms with Gasteiger partial charge in [0.05, 0.1) is 27.7 Å². The van der Waals surface area contributed by atoms with Crippen LogP contribution in [0.4, 0.5) is 0 Å². The quantitative estimate of drug-likeness (QED) is 0.0211. The number of carbonyl (C=O) groups excluding carboxylic acids is 2. The zero-order chi connectivity index (χ0) is 55.6. The molecule has 0 aromatic heterocycles. The summed E-state index contributed by atoms with van der Waals surface area (Å²) in [6, 6.07) is 0. The molecule has 0 aromatic carbocycles. The predicted octanol–water partition coefficient (Wildman–Crippen LogP) is 20.0. The number of carbonyl (C=O) groups is 2. The summed E-state index contributed by atoms with van der Waals surface area (Å²) in [5.74, 6) is -0.888. The van der Waals surface area contributed by atoms with Crippen molar-refractivity contribution in [1.82, 2.24) is 0 Å². The number of rotatable bonds is 58. The third-order valence-electron chi connectivity index (χ3n) is 13.8. The average Bonchev–Trinajstić information content (AvgIpc) is 3.38. The molecule has 0 saturated heterocycles. The molecule has 10 heteroatoms. The number of likely N-dealkylation sites (N-methyl/N-ethyl adjacent to an activating group) is 1. The van der Waals surface area contributed by atoms with E-state index >= 15 is 0 Å². The van der Waals surface area contributed by atoms with Gasteiger partial charge in [0.25, 0.3) is 0 Å². The SMILES string of the molecule is CC/C=C\C/C=C\C/C=C\C/C=C\C/C=C\C/C=C\CCC(=O)OC(COC(=O)CCCCCCCCCCCCCCCCCCCCCCCCCCCCCCCCCCC)COP(=O)(O)OCC[N+](C)(C)C. The Morgan fingerprint density at radius 3 is 1.09 bits per heavy atom. The van der Waals surface area contributed by atoms with E-state index in [1.807, 2.05) is 33.3 Å². The van der Waals surface area contributed by atoms with Crippen molar-refractivity contribution >= 4 is 19.8 Å². The van der Waals surface area contributed by atoms with E-state index in [4.69, 9.17) is 18.5 Å². The molecule has 0 rings (SSSR count). The molecule has 442 valence electrons. The van der Waals surface area contributed by atoms with Crippen molar-refractivity contribution in [3.8, 4) is 0 Å². The normalized spacial score (nSPS) is 13.7. The van der Waals surface area contributed by atoms with Crippen molar-refractivity contribution in [2.24, 2.45) is 0 Å². The molecule has 2 unspecified atom stereocenters. The second kappa shape index (κ2) is 57.1. The van der Waals surface area contributed by atoms with Gasteiger partial charge in [-0.1, -0.05) is 292 Å². The lowest BCUT2D eigenvalue weighted by Crippen LogP contribution is -2.37. The van der Waals surface area contributed by atoms with Crippen molar-refractivity contribution in [3.63, 3.8) is 0 Å². The Labute approximate surface area is 469 Å². The molecule has 0 aliphatic carbocycles. The minimum atomic E-state index is -4.41. The molecule has 0 saturated carbocycles. The molecule has 0 radical (unpaired) electrons. The van der Waals surface area contributed by atoms with E-state index in [-0.39, 0.29) is 32.0 Å². The van der Waals surface area contributed by atoms with Gasteiger partial charge < -0.3 is 18.9 Å². The first-order valence-corrected chi connectivity index (χ1v) is 33.2. The number of quaternary nitrogens is 1. The highest BCUT2D eigenvalue weighted by Crippen LogP contribution is 2.43. The molecule has 1 N–H and O–H groups in total. The highest BCUT2D eigenvalue weighted by molar-refractivity contribution is 7.47. The van der Waals surface area contributed by atoms with Gasteiger partial charge in [-0.15, -0.1) is 0 Å². The molecule has 0 bridgehead atoms. The molecule has 0 spiro atoms. The molecular formula is C66H121NO8P+. The lowest BCUT2D eigenvalue weighted by atomic mass is 10.0. The molecule has 0 amide bonds. The smallest absolute Gasteiger partial charge is 0.462 e. The zero-order valence-corrected chi connectivity index (χ0v) is 51.1. The molecule has 0 fully saturated rings. The monoisotopic (exact) mass is 1090 g/mol. The van der Waals surface area contributed by atoms with Gasteiger partial charge in [-0.3, -0.25) is 18.6 Å². The van der Waals surface area contributed by atoms with Crippen LogP contribution >= 0.6 is 7.82 Å². The van der Waals surface area contributed by atoms with Gasteiger partial charge in [0.2, 0.25) is 0 Å². The summed E-state index contributed by atoms with van der Waals surface area (Å²) in [5.41, 5.74) is 0. The van der Waals surface area contributed by atoms with Gasteiger partial charge in [0, 0.05) is 12.8 Å². The maximum atomic E-state index is 12.8. The van der Waals surface area contributed by atoms with Crippen molar-refractivity contribution in [1.29, 1.82) is 0 Å². The number of ether oxygens (including phenoxy) is 2. The summed E-state index contributed by atoms with van der Waals surface area (Å²) < 4.78 is 34.5. The van der Waals surface area contributed by atoms with E-state index in [2.05, 4.69) is 74.6 Å². The van der Waals surface area contributed by atoms with Crippen LogP contribution in [0, 0.1) is 0 Å². The Balaban J connectivity index is 4.06. The molecule has 76 heavy (non-hydrogen) atoms. The van der Waals surface area contributed by atoms with Crippen LogP contribution in [0.2, 0.25) is 0 Å². The van der Waals surface area contributed by atoms with Crippen LogP contribution in [0.25, 0.3) is 0 Å². The summed E-state index contributed by atoms with van der Waals surface area (Å²) in [6.07, 6.45) is 76.0. The fraction of sp³-hybridized carbons (Fsp3) is 0.788. The van der Waals surface area contributed by atoms with Crippen molar-refractivity contribution in [2.75, 3.05) is 47.5 Å². The third-order valence-corrected chi connectivity index (χ3v) is 14.7. The fourth-order valence-corrected chi connectivity index (χ4v) is 9.67. The number of allylic oxidation sites excluding steroid dienone is 12. The highest BCUT2D eigenvalue weighted by atomic mass is 31.2. The van der Waals surface area contributed by atoms with E-state index in [1.165, 1.54) is 193 Å². The molecule has 2 atom stereocenters. The summed E-state index contributed by atoms with van der Waals surface area (Å²) in [7, 11) is 1.43. The van der Waals surface area contributed by atoms with Crippen molar-refractivity contribution < 1.29 is 42.1 Å². The number of unbranched alkanes of at least 4 members (excludes halogenated alkanes) is 32. The minimum Gasteiger partial charge on any atom is -0.462 e. The first-order chi connectivity index (χ1) is 37.0. The van der Waals surface area contributed by atoms with Crippen LogP contribution in [0.15, 0.2) is 72.9 Å². The van der Waals surface area contributed by atoms with Gasteiger partial charge in [0.1, 0.15) is 19.8 Å². The number of nitrogens with zero attached hydrogens (tertiary/aromatic N) is 1. The van der Waals surface area contributed by atoms with E-state index in [1.54, 1.807) is 0 Å². The molecule has 0 aromatic rings. The Hall–Kier alpha value is -2.55. The predicted molar refractivity (Wildman–Crippen MR) is 326 cm³/mol. The van der Waals surface area contributed by atoms with E-state index < -0.39 is 26.5 Å². The molecule has 0 aliphatic heterocycles. The van der Waals surface area contributed by atoms with E-state index in [0.29, 0.717) is 17.4 Å². The number of esters is 2. The zero-order valence-electron chi connectivity index (χ0n) is 50.2. The van der Waals surface area contributed by atoms with Crippen LogP contribution in [-0.4, -0.2) is 74.9 Å². The Bertz CT molecular complexity index is 1510. The summed E-state index contributed by atoms with van der Waals surface area (Å²) in [4.78, 5) is 35.7. The molecule has 0 heterocycles. The van der Waals surface area contributed by atoms with Gasteiger partial charge in [0.15, 0.2) is 6.10 Å². The standard InChI is InChI=1S/C66H120NO8P/c1-6-8-10-12-14-16-18-20-22-24-26-27-28-29-30-31-32-33-34-35-36-37-38-39-41-42-44-46-48-50-52-54-56-58-65(68)72-62-64(63-74-76(70,71)73-61-60-67(3,4)5)75-66(69)59-57-55-53-51-49-47-45-43-40-25-23-21-19-17-15-13-11-9-7-2/h9,11,15,17,21,23,40,43,47,49,53,55,64H,6-8,10,12-14,16,18-20,22,24-39,41-42,44-46,48,50-52,54,56-63H2,1-5H3/p+1/b11-9-,17-15-,23-21-,43-40-,49-47-,55-53-. The summed E-state index contributed by atoms with van der Waals surface area (Å²) >= 11 is 0. The lowest BCUT2D eigenvalue weighted by Gasteiger charge is -2.24. The third kappa shape index (κ3) is 60.7. The Morgan fingerprint density at radius 2 is 0.750 bits per heavy atom. The van der Waals surface area contributed by atoms with Gasteiger partial charge in [-0.05, 0) is 51.4 Å². The van der Waals surface area contributed by atoms with Gasteiger partial charge in [-0.2, -0.15) is 0 Å². The van der Waals surface area contributed by atoms with E-state index in [0.717, 1.165) is 57.8 Å². The van der Waals surface area contributed by atoms with Crippen molar-refractivity contribution in [2.45, 2.75) is 290 Å². The summed E-state index contributed by atoms with van der Waals surface area (Å²) in [6.45, 7) is 4.26. The van der Waals surface area contributed by atoms with Crippen LogP contribution in [0.3, 0.4) is 0 Å². The van der Waals surface area contributed by atoms with E-state index in [9.17, 15) is 19.0 Å². The topological polar surface area (TPSA) is 108 Å². The number of phosphoric acid groups is 1. The minimum absolute atomic E-state index is 0.0163. The number of phosphoric ester groups is 1. The number of hydrogen-bond donors (Lipinski definition) is 1. The average molecular weight is 1090 g/mol. The largest absolute Gasteiger partial charge is 0.472 e. The van der Waals surface area contributed by atoms with Crippen LogP contribution in [0.5, 0.6) is 0 Å². The number of hydrogen-bond acceptors (Lipinski definition) is 7.